The highest BCUT2D eigenvalue weighted by molar-refractivity contribution is 5.66. The van der Waals surface area contributed by atoms with Gasteiger partial charge in [-0.1, -0.05) is 6.07 Å². The fourth-order valence-electron chi connectivity index (χ4n) is 1.44. The number of nitro benzene ring substituents is 1. The molecule has 0 saturated carbocycles. The average molecular weight is 342 g/mol. The number of amides is 1. The first kappa shape index (κ1) is 21.2. The van der Waals surface area contributed by atoms with E-state index in [2.05, 4.69) is 4.74 Å². The maximum absolute atomic E-state index is 10.6. The Balaban J connectivity index is 0.000000561. The summed E-state index contributed by atoms with van der Waals surface area (Å²) < 4.78 is 9.64. The Morgan fingerprint density at radius 1 is 1.33 bits per heavy atom. The van der Waals surface area contributed by atoms with Crippen LogP contribution in [0.25, 0.3) is 0 Å². The van der Waals surface area contributed by atoms with E-state index in [0.717, 1.165) is 5.56 Å². The molecule has 0 aliphatic heterocycles. The fourth-order valence-corrected chi connectivity index (χ4v) is 1.44. The van der Waals surface area contributed by atoms with Crippen LogP contribution in [0.1, 0.15) is 32.8 Å². The molecule has 0 saturated heterocycles. The molecule has 9 heteroatoms. The Kier molecular flexibility index (Phi) is 8.23. The summed E-state index contributed by atoms with van der Waals surface area (Å²) in [4.78, 5) is 30.4. The van der Waals surface area contributed by atoms with E-state index in [1.165, 1.54) is 12.1 Å². The largest absolute Gasteiger partial charge is 0.486 e. The van der Waals surface area contributed by atoms with E-state index in [-0.39, 0.29) is 24.5 Å². The van der Waals surface area contributed by atoms with E-state index < -0.39 is 22.6 Å². The maximum Gasteiger partial charge on any atom is 0.405 e. The summed E-state index contributed by atoms with van der Waals surface area (Å²) in [6.45, 7) is 6.97. The molecule has 1 aromatic carbocycles. The lowest BCUT2D eigenvalue weighted by atomic mass is 10.2. The van der Waals surface area contributed by atoms with Crippen molar-refractivity contribution in [1.29, 1.82) is 0 Å². The van der Waals surface area contributed by atoms with Gasteiger partial charge in [0.1, 0.15) is 5.60 Å². The third-order valence-corrected chi connectivity index (χ3v) is 2.29. The van der Waals surface area contributed by atoms with Gasteiger partial charge in [-0.05, 0) is 39.3 Å². The number of carboxylic acid groups (broad SMARTS) is 1. The lowest BCUT2D eigenvalue weighted by Crippen LogP contribution is -2.27. The Hall–Kier alpha value is -2.84. The summed E-state index contributed by atoms with van der Waals surface area (Å²) in [6, 6.07) is 4.45. The van der Waals surface area contributed by atoms with E-state index in [1.54, 1.807) is 33.8 Å². The van der Waals surface area contributed by atoms with Gasteiger partial charge in [-0.2, -0.15) is 0 Å². The van der Waals surface area contributed by atoms with Gasteiger partial charge in [-0.3, -0.25) is 14.9 Å². The highest BCUT2D eigenvalue weighted by Gasteiger charge is 2.15. The van der Waals surface area contributed by atoms with Crippen molar-refractivity contribution >= 4 is 17.7 Å². The molecule has 0 spiro atoms. The molecule has 0 fully saturated rings. The molecule has 0 unspecified atom stereocenters. The number of hydrogen-bond donors (Lipinski definition) is 2. The lowest BCUT2D eigenvalue weighted by molar-refractivity contribution is -0.385. The van der Waals surface area contributed by atoms with Crippen molar-refractivity contribution in [2.45, 2.75) is 39.7 Å². The van der Waals surface area contributed by atoms with Crippen molar-refractivity contribution < 1.29 is 29.1 Å². The zero-order valence-electron chi connectivity index (χ0n) is 14.1. The molecule has 0 atom stereocenters. The monoisotopic (exact) mass is 342 g/mol. The fraction of sp³-hybridized carbons (Fsp3) is 0.467. The number of primary amides is 1. The van der Waals surface area contributed by atoms with Crippen molar-refractivity contribution in [3.05, 3.63) is 33.9 Å². The summed E-state index contributed by atoms with van der Waals surface area (Å²) in [5.74, 6) is -0.901. The van der Waals surface area contributed by atoms with Crippen LogP contribution in [0.15, 0.2) is 18.2 Å². The van der Waals surface area contributed by atoms with Gasteiger partial charge in [0.05, 0.1) is 18.0 Å². The number of nitrogens with zero attached hydrogens (tertiary/aromatic N) is 1. The van der Waals surface area contributed by atoms with Gasteiger partial charge in [0.2, 0.25) is 0 Å². The van der Waals surface area contributed by atoms with Crippen molar-refractivity contribution in [3.8, 4) is 5.75 Å². The van der Waals surface area contributed by atoms with Gasteiger partial charge in [0, 0.05) is 6.07 Å². The Labute approximate surface area is 139 Å². The Morgan fingerprint density at radius 2 is 1.92 bits per heavy atom. The average Bonchev–Trinajstić information content (AvgIpc) is 2.35. The number of nitro groups is 1. The summed E-state index contributed by atoms with van der Waals surface area (Å²) >= 11 is 0. The molecule has 9 nitrogen and oxygen atoms in total. The number of aryl methyl sites for hydroxylation is 1. The highest BCUT2D eigenvalue weighted by atomic mass is 16.6. The smallest absolute Gasteiger partial charge is 0.405 e. The van der Waals surface area contributed by atoms with Gasteiger partial charge < -0.3 is 20.3 Å². The summed E-state index contributed by atoms with van der Waals surface area (Å²) in [5, 5.41) is 19.1. The van der Waals surface area contributed by atoms with Crippen LogP contribution in [0, 0.1) is 17.0 Å². The third kappa shape index (κ3) is 9.98. The molecule has 0 heterocycles. The zero-order chi connectivity index (χ0) is 18.9. The Morgan fingerprint density at radius 3 is 2.29 bits per heavy atom. The standard InChI is InChI=1S/C10H11NO5.C5H11NO2/c1-7-2-3-8(11(14)15)9(6-7)16-5-4-10(12)13;1-5(2,3)8-4(6)7/h2-3,6H,4-5H2,1H3,(H,12,13);1-3H3,(H2,6,7). The third-order valence-electron chi connectivity index (χ3n) is 2.29. The molecule has 1 rings (SSSR count). The highest BCUT2D eigenvalue weighted by Crippen LogP contribution is 2.27. The zero-order valence-corrected chi connectivity index (χ0v) is 14.1. The first-order chi connectivity index (χ1) is 10.9. The molecule has 1 aromatic rings. The van der Waals surface area contributed by atoms with Crippen molar-refractivity contribution in [2.24, 2.45) is 5.73 Å². The SMILES string of the molecule is CC(C)(C)OC(N)=O.Cc1ccc([N+](=O)[O-])c(OCCC(=O)O)c1. The van der Waals surface area contributed by atoms with Crippen molar-refractivity contribution in [1.82, 2.24) is 0 Å². The molecule has 0 radical (unpaired) electrons. The van der Waals surface area contributed by atoms with Gasteiger partial charge in [-0.15, -0.1) is 0 Å². The lowest BCUT2D eigenvalue weighted by Gasteiger charge is -2.16. The molecule has 0 aliphatic rings. The molecule has 24 heavy (non-hydrogen) atoms. The second kappa shape index (κ2) is 9.33. The van der Waals surface area contributed by atoms with Crippen LogP contribution in [-0.2, 0) is 9.53 Å². The van der Waals surface area contributed by atoms with Crippen LogP contribution >= 0.6 is 0 Å². The van der Waals surface area contributed by atoms with Crippen LogP contribution in [0.3, 0.4) is 0 Å². The van der Waals surface area contributed by atoms with Crippen LogP contribution in [0.2, 0.25) is 0 Å². The minimum atomic E-state index is -1.00. The first-order valence-electron chi connectivity index (χ1n) is 7.00. The Bertz CT molecular complexity index is 594. The van der Waals surface area contributed by atoms with Gasteiger partial charge in [0.25, 0.3) is 0 Å². The number of carbonyl (C=O) groups excluding carboxylic acids is 1. The van der Waals surface area contributed by atoms with E-state index >= 15 is 0 Å². The summed E-state index contributed by atoms with van der Waals surface area (Å²) in [6.07, 6.45) is -0.914. The minimum absolute atomic E-state index is 0.0837. The predicted molar refractivity (Wildman–Crippen MR) is 86.0 cm³/mol. The van der Waals surface area contributed by atoms with Crippen molar-refractivity contribution in [2.75, 3.05) is 6.61 Å². The molecular formula is C15H22N2O7. The molecule has 1 amide bonds. The number of carbonyl (C=O) groups is 2. The maximum atomic E-state index is 10.6. The van der Waals surface area contributed by atoms with E-state index in [4.69, 9.17) is 15.6 Å². The first-order valence-corrected chi connectivity index (χ1v) is 7.00. The molecule has 134 valence electrons. The number of benzene rings is 1. The minimum Gasteiger partial charge on any atom is -0.486 e. The number of nitrogens with two attached hydrogens (primary N) is 1. The molecule has 3 N–H and O–H groups in total. The normalized spacial score (nSPS) is 10.2. The molecule has 0 bridgehead atoms. The summed E-state index contributed by atoms with van der Waals surface area (Å²) in [5.41, 5.74) is 4.92. The molecule has 0 aromatic heterocycles. The number of ether oxygens (including phenoxy) is 2. The van der Waals surface area contributed by atoms with Gasteiger partial charge in [-0.25, -0.2) is 4.79 Å². The van der Waals surface area contributed by atoms with Crippen LogP contribution in [-0.4, -0.2) is 34.3 Å². The second-order valence-corrected chi connectivity index (χ2v) is 5.75. The van der Waals surface area contributed by atoms with Crippen LogP contribution in [0.5, 0.6) is 5.75 Å². The van der Waals surface area contributed by atoms with E-state index in [9.17, 15) is 19.7 Å². The predicted octanol–water partition coefficient (Wildman–Crippen LogP) is 2.64. The number of hydrogen-bond acceptors (Lipinski definition) is 6. The molecule has 0 aliphatic carbocycles. The number of rotatable bonds is 5. The second-order valence-electron chi connectivity index (χ2n) is 5.75. The summed E-state index contributed by atoms with van der Waals surface area (Å²) in [7, 11) is 0. The quantitative estimate of drug-likeness (QED) is 0.618. The molecular weight excluding hydrogens is 320 g/mol. The van der Waals surface area contributed by atoms with Crippen LogP contribution in [0.4, 0.5) is 10.5 Å². The topological polar surface area (TPSA) is 142 Å². The van der Waals surface area contributed by atoms with Gasteiger partial charge in [0.15, 0.2) is 5.75 Å². The van der Waals surface area contributed by atoms with Gasteiger partial charge >= 0.3 is 17.7 Å². The van der Waals surface area contributed by atoms with Crippen molar-refractivity contribution in [3.63, 3.8) is 0 Å². The van der Waals surface area contributed by atoms with E-state index in [1.807, 2.05) is 0 Å². The van der Waals surface area contributed by atoms with E-state index in [0.29, 0.717) is 0 Å². The number of aliphatic carboxylic acids is 1. The van der Waals surface area contributed by atoms with Crippen LogP contribution < -0.4 is 10.5 Å². The number of carboxylic acids is 1.